The van der Waals surface area contributed by atoms with Gasteiger partial charge in [-0.1, -0.05) is 71.2 Å². The molecule has 9 heteroatoms. The number of furan rings is 1. The van der Waals surface area contributed by atoms with Crippen molar-refractivity contribution < 1.29 is 28.3 Å². The largest absolute Gasteiger partial charge is 0.449 e. The minimum Gasteiger partial charge on any atom is -0.449 e. The second-order valence-corrected chi connectivity index (χ2v) is 7.27. The van der Waals surface area contributed by atoms with Gasteiger partial charge in [-0.15, -0.1) is 0 Å². The summed E-state index contributed by atoms with van der Waals surface area (Å²) in [7, 11) is 0. The smallest absolute Gasteiger partial charge is 0.410 e. The fraction of sp³-hybridized carbons (Fsp3) is 0.400. The van der Waals surface area contributed by atoms with E-state index in [-0.39, 0.29) is 34.0 Å². The van der Waals surface area contributed by atoms with Crippen LogP contribution in [0.5, 0.6) is 11.5 Å². The highest BCUT2D eigenvalue weighted by molar-refractivity contribution is 6.12. The maximum atomic E-state index is 11.6. The van der Waals surface area contributed by atoms with Gasteiger partial charge in [0.2, 0.25) is 0 Å². The number of primary amides is 2. The molecule has 0 atom stereocenters. The molecule has 2 amide bonds. The van der Waals surface area contributed by atoms with Gasteiger partial charge in [0.1, 0.15) is 0 Å². The topological polar surface area (TPSA) is 147 Å². The number of carbonyl (C=O) groups excluding carboxylic acids is 3. The van der Waals surface area contributed by atoms with Crippen LogP contribution in [0.25, 0.3) is 21.7 Å². The van der Waals surface area contributed by atoms with Crippen molar-refractivity contribution in [1.29, 1.82) is 0 Å². The summed E-state index contributed by atoms with van der Waals surface area (Å²) in [6, 6.07) is 8.03. The van der Waals surface area contributed by atoms with Crippen LogP contribution in [0.4, 0.5) is 9.59 Å². The molecular formula is C25H35N3O6. The van der Waals surface area contributed by atoms with E-state index in [1.165, 1.54) is 32.3 Å². The SMILES string of the molecule is CC(=O)c1cc2c(OC(N)=O)c3ccccc3c(OC(N)=O)c2o1.CCCCC.CCNCC. The normalized spacial score (nSPS) is 10.0. The van der Waals surface area contributed by atoms with Crippen molar-refractivity contribution in [3.8, 4) is 11.5 Å². The molecule has 0 aliphatic carbocycles. The Morgan fingerprint density at radius 2 is 1.35 bits per heavy atom. The Morgan fingerprint density at radius 1 is 0.853 bits per heavy atom. The van der Waals surface area contributed by atoms with Gasteiger partial charge in [-0.25, -0.2) is 9.59 Å². The molecule has 0 unspecified atom stereocenters. The summed E-state index contributed by atoms with van der Waals surface area (Å²) >= 11 is 0. The minimum absolute atomic E-state index is 0.00365. The molecule has 34 heavy (non-hydrogen) atoms. The Kier molecular flexibility index (Phi) is 12.2. The molecule has 3 rings (SSSR count). The van der Waals surface area contributed by atoms with Gasteiger partial charge in [-0.05, 0) is 19.2 Å². The lowest BCUT2D eigenvalue weighted by Crippen LogP contribution is -2.18. The highest BCUT2D eigenvalue weighted by atomic mass is 16.6. The number of fused-ring (bicyclic) bond motifs is 2. The van der Waals surface area contributed by atoms with Crippen LogP contribution in [-0.4, -0.2) is 31.1 Å². The summed E-state index contributed by atoms with van der Waals surface area (Å²) in [6.07, 6.45) is 1.99. The first-order valence-corrected chi connectivity index (χ1v) is 11.4. The average Bonchev–Trinajstić information content (AvgIpc) is 3.23. The van der Waals surface area contributed by atoms with Crippen LogP contribution in [0, 0.1) is 0 Å². The number of ketones is 1. The van der Waals surface area contributed by atoms with E-state index in [4.69, 9.17) is 25.4 Å². The van der Waals surface area contributed by atoms with Crippen LogP contribution < -0.4 is 26.3 Å². The summed E-state index contributed by atoms with van der Waals surface area (Å²) in [4.78, 5) is 34.1. The molecule has 1 heterocycles. The van der Waals surface area contributed by atoms with Gasteiger partial charge in [0.25, 0.3) is 0 Å². The molecule has 3 aromatic rings. The predicted molar refractivity (Wildman–Crippen MR) is 134 cm³/mol. The summed E-state index contributed by atoms with van der Waals surface area (Å²) < 4.78 is 15.6. The number of nitrogens with two attached hydrogens (primary N) is 2. The lowest BCUT2D eigenvalue weighted by atomic mass is 10.1. The molecule has 0 fully saturated rings. The van der Waals surface area contributed by atoms with Gasteiger partial charge in [0.05, 0.1) is 5.39 Å². The monoisotopic (exact) mass is 473 g/mol. The van der Waals surface area contributed by atoms with Crippen LogP contribution in [-0.2, 0) is 0 Å². The van der Waals surface area contributed by atoms with Gasteiger partial charge in [0.15, 0.2) is 28.6 Å². The number of carbonyl (C=O) groups is 3. The summed E-state index contributed by atoms with van der Waals surface area (Å²) in [5.41, 5.74) is 10.3. The lowest BCUT2D eigenvalue weighted by molar-refractivity contribution is 0.0989. The van der Waals surface area contributed by atoms with Gasteiger partial charge in [-0.2, -0.15) is 0 Å². The van der Waals surface area contributed by atoms with Crippen molar-refractivity contribution in [2.45, 2.75) is 53.9 Å². The van der Waals surface area contributed by atoms with Crippen LogP contribution in [0.3, 0.4) is 0 Å². The van der Waals surface area contributed by atoms with E-state index in [9.17, 15) is 14.4 Å². The molecule has 0 radical (unpaired) electrons. The molecule has 0 saturated heterocycles. The highest BCUT2D eigenvalue weighted by Gasteiger charge is 2.23. The van der Waals surface area contributed by atoms with Gasteiger partial charge < -0.3 is 30.7 Å². The van der Waals surface area contributed by atoms with Crippen LogP contribution >= 0.6 is 0 Å². The van der Waals surface area contributed by atoms with E-state index in [0.717, 1.165) is 13.1 Å². The van der Waals surface area contributed by atoms with Crippen molar-refractivity contribution in [1.82, 2.24) is 5.32 Å². The van der Waals surface area contributed by atoms with Crippen molar-refractivity contribution >= 4 is 39.7 Å². The van der Waals surface area contributed by atoms with E-state index in [0.29, 0.717) is 10.8 Å². The van der Waals surface area contributed by atoms with Gasteiger partial charge in [0, 0.05) is 17.7 Å². The molecule has 2 aromatic carbocycles. The number of rotatable bonds is 7. The quantitative estimate of drug-likeness (QED) is 0.383. The molecule has 0 saturated carbocycles. The second kappa shape index (κ2) is 14.5. The fourth-order valence-corrected chi connectivity index (χ4v) is 3.06. The third-order valence-electron chi connectivity index (χ3n) is 4.56. The van der Waals surface area contributed by atoms with Crippen molar-refractivity contribution in [3.63, 3.8) is 0 Å². The first-order chi connectivity index (χ1) is 16.2. The maximum absolute atomic E-state index is 11.6. The van der Waals surface area contributed by atoms with E-state index < -0.39 is 12.2 Å². The van der Waals surface area contributed by atoms with Crippen molar-refractivity contribution in [2.24, 2.45) is 11.5 Å². The zero-order valence-electron chi connectivity index (χ0n) is 20.5. The first kappa shape index (κ1) is 28.4. The number of nitrogens with one attached hydrogen (secondary N) is 1. The summed E-state index contributed by atoms with van der Waals surface area (Å²) in [5, 5.41) is 4.22. The number of ether oxygens (including phenoxy) is 2. The zero-order valence-corrected chi connectivity index (χ0v) is 20.5. The number of unbranched alkanes of at least 4 members (excludes halogenated alkanes) is 2. The third-order valence-corrected chi connectivity index (χ3v) is 4.56. The maximum Gasteiger partial charge on any atom is 0.410 e. The zero-order chi connectivity index (χ0) is 25.7. The Balaban J connectivity index is 0.000000489. The second-order valence-electron chi connectivity index (χ2n) is 7.27. The molecule has 0 spiro atoms. The van der Waals surface area contributed by atoms with E-state index in [1.807, 2.05) is 0 Å². The lowest BCUT2D eigenvalue weighted by Gasteiger charge is -2.11. The molecule has 0 aliphatic heterocycles. The number of hydrogen-bond donors (Lipinski definition) is 3. The van der Waals surface area contributed by atoms with E-state index in [1.54, 1.807) is 24.3 Å². The molecule has 0 aliphatic rings. The van der Waals surface area contributed by atoms with Gasteiger partial charge in [-0.3, -0.25) is 4.79 Å². The Hall–Kier alpha value is -3.59. The van der Waals surface area contributed by atoms with Crippen molar-refractivity contribution in [3.05, 3.63) is 36.1 Å². The number of amides is 2. The number of hydrogen-bond acceptors (Lipinski definition) is 7. The molecule has 5 N–H and O–H groups in total. The fourth-order valence-electron chi connectivity index (χ4n) is 3.06. The average molecular weight is 474 g/mol. The molecular weight excluding hydrogens is 438 g/mol. The standard InChI is InChI=1S/C16H12N2O6.C5H12.C4H11N/c1-7(19)11-6-10-12(23-15(17)20)8-4-2-3-5-9(8)13(14(10)22-11)24-16(18)21;2*1-3-5-4-2/h2-6H,1H3,(H2,17,20)(H2,18,21);3-5H2,1-2H3;5H,3-4H2,1-2H3. The number of Topliss-reactive ketones (excluding diaryl/α,β-unsaturated/α-hetero) is 1. The summed E-state index contributed by atoms with van der Waals surface area (Å²) in [6.45, 7) is 12.1. The predicted octanol–water partition coefficient (Wildman–Crippen LogP) is 5.52. The van der Waals surface area contributed by atoms with E-state index in [2.05, 4.69) is 33.0 Å². The van der Waals surface area contributed by atoms with E-state index >= 15 is 0 Å². The molecule has 9 nitrogen and oxygen atoms in total. The first-order valence-electron chi connectivity index (χ1n) is 11.4. The Morgan fingerprint density at radius 3 is 1.74 bits per heavy atom. The molecule has 1 aromatic heterocycles. The summed E-state index contributed by atoms with van der Waals surface area (Å²) in [5.74, 6) is -0.229. The van der Waals surface area contributed by atoms with Crippen LogP contribution in [0.1, 0.15) is 64.4 Å². The minimum atomic E-state index is -1.05. The van der Waals surface area contributed by atoms with Crippen LogP contribution in [0.15, 0.2) is 34.7 Å². The Labute approximate surface area is 199 Å². The van der Waals surface area contributed by atoms with Crippen molar-refractivity contribution in [2.75, 3.05) is 13.1 Å². The van der Waals surface area contributed by atoms with Gasteiger partial charge >= 0.3 is 12.2 Å². The highest BCUT2D eigenvalue weighted by Crippen LogP contribution is 2.44. The third kappa shape index (κ3) is 8.08. The number of benzene rings is 2. The van der Waals surface area contributed by atoms with Crippen LogP contribution in [0.2, 0.25) is 0 Å². The Bertz CT molecular complexity index is 1020. The molecule has 186 valence electrons. The molecule has 0 bridgehead atoms.